The molecule has 11 heteroatoms. The zero-order valence-corrected chi connectivity index (χ0v) is 27.1. The SMILES string of the molecule is CCCC(c1ccc(C(=O)NCCB(O)OC(C)(C)C)cc1)C(C(=O)C1CC(C(F)(F)F)=CC(CC)=C1F)c1ccc(Cl)cc1. The number of alkyl halides is 3. The van der Waals surface area contributed by atoms with Crippen LogP contribution in [0.25, 0.3) is 0 Å². The Morgan fingerprint density at radius 3 is 2.18 bits per heavy atom. The third kappa shape index (κ3) is 10.0. The lowest BCUT2D eigenvalue weighted by atomic mass is 9.71. The van der Waals surface area contributed by atoms with Gasteiger partial charge in [-0.05, 0) is 99.3 Å². The van der Waals surface area contributed by atoms with E-state index in [1.54, 1.807) is 55.5 Å². The number of nitrogens with one attached hydrogen (secondary N) is 1. The maximum atomic E-state index is 15.6. The second kappa shape index (κ2) is 15.6. The zero-order valence-electron chi connectivity index (χ0n) is 26.3. The number of carbonyl (C=O) groups is 2. The van der Waals surface area contributed by atoms with Gasteiger partial charge in [0.2, 0.25) is 0 Å². The number of allylic oxidation sites excluding steroid dienone is 4. The highest BCUT2D eigenvalue weighted by atomic mass is 35.5. The molecule has 0 aromatic heterocycles. The minimum atomic E-state index is -4.69. The molecule has 1 aliphatic rings. The van der Waals surface area contributed by atoms with Crippen LogP contribution in [0, 0.1) is 5.92 Å². The van der Waals surface area contributed by atoms with Crippen molar-refractivity contribution >= 4 is 30.4 Å². The van der Waals surface area contributed by atoms with Crippen molar-refractivity contribution in [2.75, 3.05) is 6.54 Å². The number of amides is 1. The number of hydrogen-bond donors (Lipinski definition) is 2. The van der Waals surface area contributed by atoms with Gasteiger partial charge in [-0.3, -0.25) is 9.59 Å². The van der Waals surface area contributed by atoms with Crippen molar-refractivity contribution in [1.29, 1.82) is 0 Å². The van der Waals surface area contributed by atoms with Crippen molar-refractivity contribution in [1.82, 2.24) is 5.32 Å². The van der Waals surface area contributed by atoms with Crippen molar-refractivity contribution in [3.8, 4) is 0 Å². The van der Waals surface area contributed by atoms with Gasteiger partial charge < -0.3 is 15.0 Å². The van der Waals surface area contributed by atoms with E-state index in [1.807, 2.05) is 27.7 Å². The second-order valence-electron chi connectivity index (χ2n) is 12.3. The number of carbonyl (C=O) groups excluding carboxylic acids is 2. The van der Waals surface area contributed by atoms with Crippen molar-refractivity contribution in [2.45, 2.75) is 90.2 Å². The third-order valence-electron chi connectivity index (χ3n) is 7.78. The maximum Gasteiger partial charge on any atom is 0.456 e. The minimum absolute atomic E-state index is 0.0191. The van der Waals surface area contributed by atoms with Crippen molar-refractivity contribution in [3.05, 3.63) is 93.3 Å². The fourth-order valence-electron chi connectivity index (χ4n) is 5.64. The standard InChI is InChI=1S/C34H41BClF4NO4/c1-6-8-27(22-9-11-24(12-10-22)32(43)41-18-17-35(44)45-33(3,4)5)29(23-13-15-26(36)16-14-23)31(42)28-20-25(34(38,39)40)19-21(7-2)30(28)37/h9-16,19,27-29,44H,6-8,17-18,20H2,1-5H3,(H,41,43). The average Bonchev–Trinajstić information content (AvgIpc) is 2.96. The smallest absolute Gasteiger partial charge is 0.427 e. The lowest BCUT2D eigenvalue weighted by molar-refractivity contribution is -0.125. The molecule has 0 saturated carbocycles. The molecular weight excluding hydrogens is 609 g/mol. The Kier molecular flexibility index (Phi) is 12.6. The molecule has 3 rings (SSSR count). The molecule has 0 aliphatic heterocycles. The molecule has 2 N–H and O–H groups in total. The van der Waals surface area contributed by atoms with Crippen LogP contribution in [-0.2, 0) is 9.45 Å². The number of Topliss-reactive ketones (excluding diaryl/α,β-unsaturated/α-hetero) is 1. The van der Waals surface area contributed by atoms with Crippen molar-refractivity contribution in [3.63, 3.8) is 0 Å². The Bertz CT molecular complexity index is 1380. The molecule has 1 aliphatic carbocycles. The molecule has 2 aromatic rings. The van der Waals surface area contributed by atoms with Gasteiger partial charge in [-0.2, -0.15) is 13.2 Å². The van der Waals surface area contributed by atoms with Gasteiger partial charge in [0.05, 0.1) is 11.8 Å². The van der Waals surface area contributed by atoms with Gasteiger partial charge in [-0.15, -0.1) is 0 Å². The number of ketones is 1. The first-order valence-electron chi connectivity index (χ1n) is 15.2. The zero-order chi connectivity index (χ0) is 33.5. The highest BCUT2D eigenvalue weighted by Gasteiger charge is 2.44. The largest absolute Gasteiger partial charge is 0.456 e. The molecule has 5 nitrogen and oxygen atoms in total. The monoisotopic (exact) mass is 649 g/mol. The highest BCUT2D eigenvalue weighted by Crippen LogP contribution is 2.46. The van der Waals surface area contributed by atoms with E-state index in [0.29, 0.717) is 34.6 Å². The van der Waals surface area contributed by atoms with Crippen LogP contribution >= 0.6 is 11.6 Å². The van der Waals surface area contributed by atoms with Crippen LogP contribution in [0.15, 0.2) is 71.6 Å². The van der Waals surface area contributed by atoms with Gasteiger partial charge >= 0.3 is 13.3 Å². The fourth-order valence-corrected chi connectivity index (χ4v) is 5.77. The summed E-state index contributed by atoms with van der Waals surface area (Å²) in [7, 11) is -1.04. The van der Waals surface area contributed by atoms with Gasteiger partial charge in [0.25, 0.3) is 5.91 Å². The van der Waals surface area contributed by atoms with E-state index < -0.39 is 60.3 Å². The van der Waals surface area contributed by atoms with E-state index in [2.05, 4.69) is 5.32 Å². The summed E-state index contributed by atoms with van der Waals surface area (Å²) in [6.45, 7) is 9.11. The van der Waals surface area contributed by atoms with Crippen LogP contribution in [0.3, 0.4) is 0 Å². The number of rotatable bonds is 13. The van der Waals surface area contributed by atoms with Gasteiger partial charge in [0, 0.05) is 28.3 Å². The normalized spacial score (nSPS) is 17.0. The average molecular weight is 650 g/mol. The Hall–Kier alpha value is -2.95. The fraction of sp³-hybridized carbons (Fsp3) is 0.471. The maximum absolute atomic E-state index is 15.6. The van der Waals surface area contributed by atoms with Crippen molar-refractivity contribution < 1.29 is 36.8 Å². The lowest BCUT2D eigenvalue weighted by Crippen LogP contribution is -2.34. The van der Waals surface area contributed by atoms with E-state index in [0.717, 1.165) is 6.08 Å². The molecule has 0 fully saturated rings. The van der Waals surface area contributed by atoms with E-state index in [-0.39, 0.29) is 30.8 Å². The van der Waals surface area contributed by atoms with Crippen LogP contribution in [0.4, 0.5) is 17.6 Å². The molecule has 0 bridgehead atoms. The summed E-state index contributed by atoms with van der Waals surface area (Å²) in [6, 6.07) is 13.2. The summed E-state index contributed by atoms with van der Waals surface area (Å²) < 4.78 is 62.6. The Morgan fingerprint density at radius 1 is 1.04 bits per heavy atom. The molecular formula is C34H41BClF4NO4. The van der Waals surface area contributed by atoms with E-state index >= 15 is 4.39 Å². The van der Waals surface area contributed by atoms with Gasteiger partial charge in [0.1, 0.15) is 5.83 Å². The van der Waals surface area contributed by atoms with Crippen LogP contribution in [-0.4, -0.2) is 42.2 Å². The molecule has 45 heavy (non-hydrogen) atoms. The summed E-state index contributed by atoms with van der Waals surface area (Å²) in [6.07, 6.45) is -3.30. The van der Waals surface area contributed by atoms with E-state index in [9.17, 15) is 27.8 Å². The molecule has 0 heterocycles. The van der Waals surface area contributed by atoms with Gasteiger partial charge in [0.15, 0.2) is 5.78 Å². The quantitative estimate of drug-likeness (QED) is 0.168. The van der Waals surface area contributed by atoms with Crippen molar-refractivity contribution in [2.24, 2.45) is 5.92 Å². The van der Waals surface area contributed by atoms with E-state index in [1.165, 1.54) is 0 Å². The molecule has 244 valence electrons. The number of halogens is 5. The predicted molar refractivity (Wildman–Crippen MR) is 170 cm³/mol. The molecule has 0 radical (unpaired) electrons. The predicted octanol–water partition coefficient (Wildman–Crippen LogP) is 8.74. The minimum Gasteiger partial charge on any atom is -0.427 e. The van der Waals surface area contributed by atoms with Crippen LogP contribution in [0.1, 0.15) is 93.6 Å². The Labute approximate surface area is 268 Å². The number of benzene rings is 2. The summed E-state index contributed by atoms with van der Waals surface area (Å²) in [5.41, 5.74) is -0.0134. The Balaban J connectivity index is 1.92. The molecule has 2 aromatic carbocycles. The second-order valence-corrected chi connectivity index (χ2v) is 12.8. The molecule has 3 unspecified atom stereocenters. The highest BCUT2D eigenvalue weighted by molar-refractivity contribution is 6.43. The first-order chi connectivity index (χ1) is 21.1. The van der Waals surface area contributed by atoms with Gasteiger partial charge in [-0.1, -0.05) is 56.1 Å². The molecule has 1 amide bonds. The van der Waals surface area contributed by atoms with Crippen LogP contribution < -0.4 is 5.32 Å². The Morgan fingerprint density at radius 2 is 1.64 bits per heavy atom. The van der Waals surface area contributed by atoms with Crippen LogP contribution in [0.5, 0.6) is 0 Å². The first kappa shape index (κ1) is 36.5. The van der Waals surface area contributed by atoms with E-state index in [4.69, 9.17) is 16.3 Å². The van der Waals surface area contributed by atoms with Gasteiger partial charge in [-0.25, -0.2) is 4.39 Å². The summed E-state index contributed by atoms with van der Waals surface area (Å²) >= 11 is 6.12. The lowest BCUT2D eigenvalue weighted by Gasteiger charge is -2.32. The third-order valence-corrected chi connectivity index (χ3v) is 8.03. The van der Waals surface area contributed by atoms with Crippen LogP contribution in [0.2, 0.25) is 11.3 Å². The topological polar surface area (TPSA) is 75.6 Å². The molecule has 0 saturated heterocycles. The summed E-state index contributed by atoms with van der Waals surface area (Å²) in [4.78, 5) is 27.0. The molecule has 3 atom stereocenters. The first-order valence-corrected chi connectivity index (χ1v) is 15.6. The molecule has 0 spiro atoms. The summed E-state index contributed by atoms with van der Waals surface area (Å²) in [5, 5.41) is 13.2. The number of hydrogen-bond acceptors (Lipinski definition) is 4. The summed E-state index contributed by atoms with van der Waals surface area (Å²) in [5.74, 6) is -4.88.